The van der Waals surface area contributed by atoms with E-state index in [2.05, 4.69) is 16.2 Å². The molecular formula is C15H13Cl2N3O3. The number of benzene rings is 2. The summed E-state index contributed by atoms with van der Waals surface area (Å²) in [6, 6.07) is 10.6. The number of amides is 3. The van der Waals surface area contributed by atoms with Gasteiger partial charge in [-0.15, -0.1) is 0 Å². The lowest BCUT2D eigenvalue weighted by Crippen LogP contribution is -2.44. The number of nitrogens with one attached hydrogen (secondary N) is 3. The van der Waals surface area contributed by atoms with E-state index < -0.39 is 11.9 Å². The van der Waals surface area contributed by atoms with Crippen LogP contribution in [-0.4, -0.2) is 19.0 Å². The van der Waals surface area contributed by atoms with Gasteiger partial charge in [-0.25, -0.2) is 10.2 Å². The standard InChI is InChI=1S/C15H13Cl2N3O3/c1-23-11-4-2-3-10(8-11)18-15(22)20-19-14(21)12-7-9(16)5-6-13(12)17/h2-8H,1H3,(H,19,21)(H2,18,20,22). The molecule has 3 amide bonds. The van der Waals surface area contributed by atoms with Gasteiger partial charge < -0.3 is 10.1 Å². The van der Waals surface area contributed by atoms with Gasteiger partial charge in [0.15, 0.2) is 0 Å². The molecule has 0 spiro atoms. The monoisotopic (exact) mass is 353 g/mol. The molecular weight excluding hydrogens is 341 g/mol. The minimum absolute atomic E-state index is 0.154. The van der Waals surface area contributed by atoms with E-state index in [4.69, 9.17) is 27.9 Å². The second-order valence-electron chi connectivity index (χ2n) is 4.39. The van der Waals surface area contributed by atoms with Crippen molar-refractivity contribution in [3.05, 3.63) is 58.1 Å². The summed E-state index contributed by atoms with van der Waals surface area (Å²) in [6.07, 6.45) is 0. The molecule has 2 aromatic carbocycles. The number of hydrogen-bond donors (Lipinski definition) is 3. The molecule has 120 valence electrons. The van der Waals surface area contributed by atoms with Crippen LogP contribution in [0.5, 0.6) is 5.75 Å². The second-order valence-corrected chi connectivity index (χ2v) is 5.23. The molecule has 0 aliphatic heterocycles. The first-order valence-corrected chi connectivity index (χ1v) is 7.21. The quantitative estimate of drug-likeness (QED) is 0.739. The minimum Gasteiger partial charge on any atom is -0.497 e. The Hall–Kier alpha value is -2.44. The van der Waals surface area contributed by atoms with Crippen molar-refractivity contribution in [3.63, 3.8) is 0 Å². The van der Waals surface area contributed by atoms with Crippen molar-refractivity contribution < 1.29 is 14.3 Å². The number of carbonyl (C=O) groups is 2. The molecule has 0 aromatic heterocycles. The van der Waals surface area contributed by atoms with Crippen molar-refractivity contribution in [3.8, 4) is 5.75 Å². The highest BCUT2D eigenvalue weighted by molar-refractivity contribution is 6.35. The molecule has 8 heteroatoms. The van der Waals surface area contributed by atoms with Gasteiger partial charge in [0.2, 0.25) is 0 Å². The van der Waals surface area contributed by atoms with E-state index >= 15 is 0 Å². The predicted octanol–water partition coefficient (Wildman–Crippen LogP) is 3.47. The molecule has 6 nitrogen and oxygen atoms in total. The third-order valence-corrected chi connectivity index (χ3v) is 3.35. The molecule has 0 bridgehead atoms. The number of rotatable bonds is 3. The molecule has 0 aliphatic carbocycles. The number of halogens is 2. The fourth-order valence-electron chi connectivity index (χ4n) is 1.72. The zero-order chi connectivity index (χ0) is 16.8. The number of hydrogen-bond acceptors (Lipinski definition) is 3. The first kappa shape index (κ1) is 16.9. The van der Waals surface area contributed by atoms with E-state index in [0.29, 0.717) is 16.5 Å². The summed E-state index contributed by atoms with van der Waals surface area (Å²) in [4.78, 5) is 23.7. The van der Waals surface area contributed by atoms with Gasteiger partial charge in [0.1, 0.15) is 5.75 Å². The Morgan fingerprint density at radius 2 is 1.83 bits per heavy atom. The summed E-state index contributed by atoms with van der Waals surface area (Å²) >= 11 is 11.7. The van der Waals surface area contributed by atoms with E-state index in [9.17, 15) is 9.59 Å². The molecule has 0 fully saturated rings. The van der Waals surface area contributed by atoms with Crippen LogP contribution in [0.2, 0.25) is 10.0 Å². The topological polar surface area (TPSA) is 79.5 Å². The van der Waals surface area contributed by atoms with Crippen LogP contribution in [0, 0.1) is 0 Å². The molecule has 0 radical (unpaired) electrons. The average molecular weight is 354 g/mol. The zero-order valence-electron chi connectivity index (χ0n) is 12.0. The molecule has 2 rings (SSSR count). The van der Waals surface area contributed by atoms with Crippen LogP contribution >= 0.6 is 23.2 Å². The Labute approximate surface area is 142 Å². The normalized spacial score (nSPS) is 9.87. The van der Waals surface area contributed by atoms with Crippen molar-refractivity contribution in [2.24, 2.45) is 0 Å². The van der Waals surface area contributed by atoms with Crippen LogP contribution in [0.1, 0.15) is 10.4 Å². The van der Waals surface area contributed by atoms with Crippen molar-refractivity contribution in [2.75, 3.05) is 12.4 Å². The lowest BCUT2D eigenvalue weighted by Gasteiger charge is -2.10. The summed E-state index contributed by atoms with van der Waals surface area (Å²) in [7, 11) is 1.52. The van der Waals surface area contributed by atoms with Crippen LogP contribution in [0.3, 0.4) is 0 Å². The maximum absolute atomic E-state index is 12.0. The molecule has 0 atom stereocenters. The summed E-state index contributed by atoms with van der Waals surface area (Å²) in [5.74, 6) is 0.0100. The van der Waals surface area contributed by atoms with E-state index in [1.165, 1.54) is 19.2 Å². The van der Waals surface area contributed by atoms with Crippen LogP contribution in [0.4, 0.5) is 10.5 Å². The molecule has 0 unspecified atom stereocenters. The maximum Gasteiger partial charge on any atom is 0.337 e. The van der Waals surface area contributed by atoms with Crippen LogP contribution < -0.4 is 20.9 Å². The highest BCUT2D eigenvalue weighted by Crippen LogP contribution is 2.20. The average Bonchev–Trinajstić information content (AvgIpc) is 2.55. The van der Waals surface area contributed by atoms with E-state index in [-0.39, 0.29) is 10.6 Å². The molecule has 0 saturated heterocycles. The maximum atomic E-state index is 12.0. The zero-order valence-corrected chi connectivity index (χ0v) is 13.5. The van der Waals surface area contributed by atoms with Crippen LogP contribution in [-0.2, 0) is 0 Å². The van der Waals surface area contributed by atoms with Gasteiger partial charge in [-0.3, -0.25) is 10.2 Å². The van der Waals surface area contributed by atoms with Crippen molar-refractivity contribution >= 4 is 40.8 Å². The highest BCUT2D eigenvalue weighted by atomic mass is 35.5. The number of urea groups is 1. The number of ether oxygens (including phenoxy) is 1. The fourth-order valence-corrected chi connectivity index (χ4v) is 2.09. The van der Waals surface area contributed by atoms with Gasteiger partial charge in [0.25, 0.3) is 5.91 Å². The first-order valence-electron chi connectivity index (χ1n) is 6.46. The third-order valence-electron chi connectivity index (χ3n) is 2.79. The smallest absolute Gasteiger partial charge is 0.337 e. The second kappa shape index (κ2) is 7.71. The summed E-state index contributed by atoms with van der Waals surface area (Å²) < 4.78 is 5.05. The number of methoxy groups -OCH3 is 1. The summed E-state index contributed by atoms with van der Waals surface area (Å²) in [6.45, 7) is 0. The molecule has 0 heterocycles. The molecule has 0 saturated carbocycles. The fraction of sp³-hybridized carbons (Fsp3) is 0.0667. The van der Waals surface area contributed by atoms with Gasteiger partial charge in [-0.05, 0) is 30.3 Å². The van der Waals surface area contributed by atoms with E-state index in [1.54, 1.807) is 30.3 Å². The van der Waals surface area contributed by atoms with Crippen LogP contribution in [0.15, 0.2) is 42.5 Å². The van der Waals surface area contributed by atoms with Crippen molar-refractivity contribution in [2.45, 2.75) is 0 Å². The third kappa shape index (κ3) is 4.77. The molecule has 0 aliphatic rings. The number of anilines is 1. The van der Waals surface area contributed by atoms with Crippen molar-refractivity contribution in [1.29, 1.82) is 0 Å². The largest absolute Gasteiger partial charge is 0.497 e. The van der Waals surface area contributed by atoms with Crippen LogP contribution in [0.25, 0.3) is 0 Å². The number of hydrazine groups is 1. The van der Waals surface area contributed by atoms with Gasteiger partial charge in [-0.1, -0.05) is 29.3 Å². The molecule has 23 heavy (non-hydrogen) atoms. The Morgan fingerprint density at radius 1 is 1.04 bits per heavy atom. The SMILES string of the molecule is COc1cccc(NC(=O)NNC(=O)c2cc(Cl)ccc2Cl)c1. The Morgan fingerprint density at radius 3 is 2.57 bits per heavy atom. The number of carbonyl (C=O) groups excluding carboxylic acids is 2. The lowest BCUT2D eigenvalue weighted by molar-refractivity contribution is 0.0938. The van der Waals surface area contributed by atoms with Gasteiger partial charge in [-0.2, -0.15) is 0 Å². The Kier molecular flexibility index (Phi) is 5.67. The van der Waals surface area contributed by atoms with E-state index in [0.717, 1.165) is 0 Å². The molecule has 2 aromatic rings. The van der Waals surface area contributed by atoms with Crippen molar-refractivity contribution in [1.82, 2.24) is 10.9 Å². The predicted molar refractivity (Wildman–Crippen MR) is 89.1 cm³/mol. The van der Waals surface area contributed by atoms with Gasteiger partial charge >= 0.3 is 6.03 Å². The molecule has 3 N–H and O–H groups in total. The first-order chi connectivity index (χ1) is 11.0. The summed E-state index contributed by atoms with van der Waals surface area (Å²) in [5.41, 5.74) is 5.13. The summed E-state index contributed by atoms with van der Waals surface area (Å²) in [5, 5.41) is 3.13. The Balaban J connectivity index is 1.93. The lowest BCUT2D eigenvalue weighted by atomic mass is 10.2. The van der Waals surface area contributed by atoms with Gasteiger partial charge in [0, 0.05) is 16.8 Å². The Bertz CT molecular complexity index is 738. The highest BCUT2D eigenvalue weighted by Gasteiger charge is 2.12. The van der Waals surface area contributed by atoms with E-state index in [1.807, 2.05) is 0 Å². The minimum atomic E-state index is -0.621. The van der Waals surface area contributed by atoms with Gasteiger partial charge in [0.05, 0.1) is 17.7 Å².